The minimum atomic E-state index is -1.06. The molecule has 0 aromatic carbocycles. The van der Waals surface area contributed by atoms with Crippen LogP contribution in [0.15, 0.2) is 10.9 Å². The standard InChI is InChI=1S/C8H11N3O4S/c1-5(12)11-6(8(13)14)2-16-3-7-9-4-10-15-7/h4,6H,2-3H2,1H3,(H,11,12)(H,13,14)/t6-/m0/s1. The molecule has 0 saturated heterocycles. The molecule has 2 N–H and O–H groups in total. The van der Waals surface area contributed by atoms with Crippen LogP contribution >= 0.6 is 11.8 Å². The molecule has 0 unspecified atom stereocenters. The summed E-state index contributed by atoms with van der Waals surface area (Å²) in [5, 5.41) is 14.6. The van der Waals surface area contributed by atoms with Crippen molar-refractivity contribution in [3.8, 4) is 0 Å². The van der Waals surface area contributed by atoms with E-state index in [1.807, 2.05) is 0 Å². The van der Waals surface area contributed by atoms with Gasteiger partial charge in [-0.15, -0.1) is 11.8 Å². The van der Waals surface area contributed by atoms with Crippen LogP contribution in [-0.2, 0) is 15.3 Å². The maximum absolute atomic E-state index is 10.7. The van der Waals surface area contributed by atoms with Gasteiger partial charge in [-0.05, 0) is 0 Å². The highest BCUT2D eigenvalue weighted by molar-refractivity contribution is 7.98. The molecule has 0 bridgehead atoms. The second kappa shape index (κ2) is 6.11. The van der Waals surface area contributed by atoms with E-state index < -0.39 is 12.0 Å². The van der Waals surface area contributed by atoms with Gasteiger partial charge in [0.25, 0.3) is 0 Å². The van der Waals surface area contributed by atoms with Crippen molar-refractivity contribution in [1.82, 2.24) is 15.5 Å². The number of carboxylic acids is 1. The van der Waals surface area contributed by atoms with Crippen LogP contribution in [0.3, 0.4) is 0 Å². The largest absolute Gasteiger partial charge is 0.480 e. The van der Waals surface area contributed by atoms with Gasteiger partial charge in [0.15, 0.2) is 6.33 Å². The van der Waals surface area contributed by atoms with Crippen molar-refractivity contribution >= 4 is 23.6 Å². The fourth-order valence-electron chi connectivity index (χ4n) is 0.944. The Morgan fingerprint density at radius 3 is 2.94 bits per heavy atom. The fourth-order valence-corrected chi connectivity index (χ4v) is 1.83. The lowest BCUT2D eigenvalue weighted by Crippen LogP contribution is -2.41. The van der Waals surface area contributed by atoms with Gasteiger partial charge in [-0.1, -0.05) is 5.16 Å². The van der Waals surface area contributed by atoms with Crippen molar-refractivity contribution in [3.05, 3.63) is 12.2 Å². The van der Waals surface area contributed by atoms with Gasteiger partial charge in [0, 0.05) is 12.7 Å². The summed E-state index contributed by atoms with van der Waals surface area (Å²) in [5.41, 5.74) is 0. The molecule has 1 amide bonds. The number of aliphatic carboxylic acids is 1. The second-order valence-corrected chi connectivity index (χ2v) is 3.97. The first-order valence-electron chi connectivity index (χ1n) is 4.43. The van der Waals surface area contributed by atoms with Crippen molar-refractivity contribution in [1.29, 1.82) is 0 Å². The van der Waals surface area contributed by atoms with E-state index in [0.29, 0.717) is 11.6 Å². The van der Waals surface area contributed by atoms with Crippen LogP contribution in [0.1, 0.15) is 12.8 Å². The van der Waals surface area contributed by atoms with Gasteiger partial charge in [0.2, 0.25) is 11.8 Å². The van der Waals surface area contributed by atoms with E-state index in [4.69, 9.17) is 9.63 Å². The van der Waals surface area contributed by atoms with E-state index in [9.17, 15) is 9.59 Å². The summed E-state index contributed by atoms with van der Waals surface area (Å²) in [4.78, 5) is 25.3. The molecule has 1 heterocycles. The third-order valence-corrected chi connectivity index (χ3v) is 2.61. The number of hydrogen-bond donors (Lipinski definition) is 2. The smallest absolute Gasteiger partial charge is 0.327 e. The SMILES string of the molecule is CC(=O)N[C@@H](CSCc1ncno1)C(=O)O. The Morgan fingerprint density at radius 1 is 1.69 bits per heavy atom. The summed E-state index contributed by atoms with van der Waals surface area (Å²) >= 11 is 1.30. The lowest BCUT2D eigenvalue weighted by molar-refractivity contribution is -0.140. The molecule has 1 aromatic rings. The Bertz CT molecular complexity index is 354. The topological polar surface area (TPSA) is 105 Å². The molecule has 0 aliphatic rings. The highest BCUT2D eigenvalue weighted by Gasteiger charge is 2.18. The van der Waals surface area contributed by atoms with Crippen molar-refractivity contribution in [2.45, 2.75) is 18.7 Å². The van der Waals surface area contributed by atoms with Crippen LogP contribution < -0.4 is 5.32 Å². The number of thioether (sulfide) groups is 1. The molecule has 88 valence electrons. The number of hydrogen-bond acceptors (Lipinski definition) is 6. The van der Waals surface area contributed by atoms with Gasteiger partial charge in [0.1, 0.15) is 6.04 Å². The van der Waals surface area contributed by atoms with Crippen molar-refractivity contribution in [2.24, 2.45) is 0 Å². The highest BCUT2D eigenvalue weighted by atomic mass is 32.2. The molecule has 1 rings (SSSR count). The van der Waals surface area contributed by atoms with Crippen LogP contribution in [0.2, 0.25) is 0 Å². The Balaban J connectivity index is 2.32. The number of rotatable bonds is 6. The number of carbonyl (C=O) groups excluding carboxylic acids is 1. The van der Waals surface area contributed by atoms with Crippen LogP contribution in [0.25, 0.3) is 0 Å². The molecule has 0 fully saturated rings. The van der Waals surface area contributed by atoms with Crippen molar-refractivity contribution in [3.63, 3.8) is 0 Å². The molecule has 0 saturated carbocycles. The van der Waals surface area contributed by atoms with Gasteiger partial charge in [-0.3, -0.25) is 4.79 Å². The zero-order valence-corrected chi connectivity index (χ0v) is 9.36. The van der Waals surface area contributed by atoms with Crippen LogP contribution in [0.4, 0.5) is 0 Å². The quantitative estimate of drug-likeness (QED) is 0.720. The third kappa shape index (κ3) is 4.30. The van der Waals surface area contributed by atoms with Gasteiger partial charge >= 0.3 is 5.97 Å². The lowest BCUT2D eigenvalue weighted by atomic mass is 10.3. The number of nitrogens with zero attached hydrogens (tertiary/aromatic N) is 2. The molecule has 0 spiro atoms. The average molecular weight is 245 g/mol. The van der Waals surface area contributed by atoms with Gasteiger partial charge in [0.05, 0.1) is 5.75 Å². The molecule has 1 aromatic heterocycles. The number of amides is 1. The maximum atomic E-state index is 10.7. The van der Waals surface area contributed by atoms with Gasteiger partial charge < -0.3 is 14.9 Å². The number of carboxylic acid groups (broad SMARTS) is 1. The molecule has 16 heavy (non-hydrogen) atoms. The second-order valence-electron chi connectivity index (χ2n) is 2.94. The molecule has 0 aliphatic heterocycles. The monoisotopic (exact) mass is 245 g/mol. The molecule has 0 radical (unpaired) electrons. The number of nitrogens with one attached hydrogen (secondary N) is 1. The lowest BCUT2D eigenvalue weighted by Gasteiger charge is -2.11. The molecule has 0 aliphatic carbocycles. The summed E-state index contributed by atoms with van der Waals surface area (Å²) < 4.78 is 4.74. The van der Waals surface area contributed by atoms with E-state index >= 15 is 0 Å². The van der Waals surface area contributed by atoms with Crippen LogP contribution in [0.5, 0.6) is 0 Å². The van der Waals surface area contributed by atoms with Gasteiger partial charge in [-0.25, -0.2) is 4.79 Å². The van der Waals surface area contributed by atoms with E-state index in [1.165, 1.54) is 25.0 Å². The number of carbonyl (C=O) groups is 2. The van der Waals surface area contributed by atoms with Crippen LogP contribution in [0, 0.1) is 0 Å². The molecule has 1 atom stereocenters. The third-order valence-electron chi connectivity index (χ3n) is 1.59. The first-order chi connectivity index (χ1) is 7.59. The predicted octanol–water partition coefficient (Wildman–Crippen LogP) is -0.108. The maximum Gasteiger partial charge on any atom is 0.327 e. The van der Waals surface area contributed by atoms with Crippen molar-refractivity contribution < 1.29 is 19.2 Å². The zero-order chi connectivity index (χ0) is 12.0. The van der Waals surface area contributed by atoms with E-state index in [2.05, 4.69) is 15.5 Å². The first-order valence-corrected chi connectivity index (χ1v) is 5.58. The Morgan fingerprint density at radius 2 is 2.44 bits per heavy atom. The minimum absolute atomic E-state index is 0.247. The molecule has 8 heteroatoms. The summed E-state index contributed by atoms with van der Waals surface area (Å²) in [6, 6.07) is -0.898. The minimum Gasteiger partial charge on any atom is -0.480 e. The summed E-state index contributed by atoms with van der Waals surface area (Å²) in [5.74, 6) is -0.336. The Labute approximate surface area is 95.6 Å². The van der Waals surface area contributed by atoms with Crippen LogP contribution in [-0.4, -0.2) is 38.9 Å². The molecular formula is C8H11N3O4S. The number of aromatic nitrogens is 2. The Kier molecular flexibility index (Phi) is 4.77. The zero-order valence-electron chi connectivity index (χ0n) is 8.54. The first kappa shape index (κ1) is 12.5. The Hall–Kier alpha value is -1.57. The summed E-state index contributed by atoms with van der Waals surface area (Å²) in [7, 11) is 0. The van der Waals surface area contributed by atoms with E-state index in [1.54, 1.807) is 0 Å². The highest BCUT2D eigenvalue weighted by Crippen LogP contribution is 2.10. The summed E-state index contributed by atoms with van der Waals surface area (Å²) in [6.45, 7) is 1.28. The average Bonchev–Trinajstić information content (AvgIpc) is 2.68. The fraction of sp³-hybridized carbons (Fsp3) is 0.500. The van der Waals surface area contributed by atoms with Crippen molar-refractivity contribution in [2.75, 3.05) is 5.75 Å². The predicted molar refractivity (Wildman–Crippen MR) is 55.7 cm³/mol. The van der Waals surface area contributed by atoms with E-state index in [0.717, 1.165) is 0 Å². The van der Waals surface area contributed by atoms with E-state index in [-0.39, 0.29) is 11.7 Å². The molecular weight excluding hydrogens is 234 g/mol. The normalized spacial score (nSPS) is 12.1. The van der Waals surface area contributed by atoms with Gasteiger partial charge in [-0.2, -0.15) is 4.98 Å². The summed E-state index contributed by atoms with van der Waals surface area (Å²) in [6.07, 6.45) is 1.28. The molecule has 7 nitrogen and oxygen atoms in total.